The number of hydrogen-bond donors (Lipinski definition) is 1. The van der Waals surface area contributed by atoms with E-state index in [1.54, 1.807) is 6.20 Å². The van der Waals surface area contributed by atoms with Crippen molar-refractivity contribution in [2.75, 3.05) is 26.2 Å². The number of nitrogens with one attached hydrogen (secondary N) is 1. The van der Waals surface area contributed by atoms with E-state index in [-0.39, 0.29) is 5.91 Å². The fraction of sp³-hybridized carbons (Fsp3) is 0.545. The van der Waals surface area contributed by atoms with Crippen molar-refractivity contribution in [1.29, 1.82) is 0 Å². The number of carbonyl (C=O) groups is 1. The predicted molar refractivity (Wildman–Crippen MR) is 105 cm³/mol. The van der Waals surface area contributed by atoms with Crippen LogP contribution in [0.1, 0.15) is 37.1 Å². The lowest BCUT2D eigenvalue weighted by Gasteiger charge is -2.34. The van der Waals surface area contributed by atoms with Gasteiger partial charge < -0.3 is 14.6 Å². The van der Waals surface area contributed by atoms with Crippen molar-refractivity contribution in [3.05, 3.63) is 41.9 Å². The summed E-state index contributed by atoms with van der Waals surface area (Å²) in [6, 6.07) is 8.20. The van der Waals surface area contributed by atoms with Crippen LogP contribution in [0, 0.1) is 18.8 Å². The number of carbonyl (C=O) groups excluding carboxylic acids is 1. The van der Waals surface area contributed by atoms with Gasteiger partial charge in [0.1, 0.15) is 0 Å². The van der Waals surface area contributed by atoms with Crippen molar-refractivity contribution >= 4 is 5.91 Å². The SMILES string of the molecule is Cc1ccc(-c2cnc(CCC(=O)N3CCC(C4CCNC4)CC3)o2)cc1. The number of piperidine rings is 1. The van der Waals surface area contributed by atoms with Gasteiger partial charge in [0.25, 0.3) is 0 Å². The molecule has 2 aromatic rings. The van der Waals surface area contributed by atoms with E-state index in [1.807, 2.05) is 17.0 Å². The molecule has 5 nitrogen and oxygen atoms in total. The summed E-state index contributed by atoms with van der Waals surface area (Å²) in [5, 5.41) is 3.46. The molecule has 0 bridgehead atoms. The number of amides is 1. The van der Waals surface area contributed by atoms with Crippen molar-refractivity contribution in [1.82, 2.24) is 15.2 Å². The zero-order valence-corrected chi connectivity index (χ0v) is 16.1. The predicted octanol–water partition coefficient (Wildman–Crippen LogP) is 3.43. The zero-order chi connectivity index (χ0) is 18.6. The summed E-state index contributed by atoms with van der Waals surface area (Å²) >= 11 is 0. The lowest BCUT2D eigenvalue weighted by Crippen LogP contribution is -2.40. The van der Waals surface area contributed by atoms with Gasteiger partial charge in [-0.15, -0.1) is 0 Å². The Bertz CT molecular complexity index is 754. The Kier molecular flexibility index (Phi) is 5.58. The molecule has 2 fully saturated rings. The van der Waals surface area contributed by atoms with Crippen molar-refractivity contribution in [2.24, 2.45) is 11.8 Å². The lowest BCUT2D eigenvalue weighted by atomic mass is 9.84. The molecule has 2 aliphatic rings. The molecule has 1 unspecified atom stereocenters. The highest BCUT2D eigenvalue weighted by Gasteiger charge is 2.29. The molecule has 1 amide bonds. The van der Waals surface area contributed by atoms with Crippen LogP contribution in [-0.4, -0.2) is 42.0 Å². The fourth-order valence-electron chi connectivity index (χ4n) is 4.35. The normalized spacial score (nSPS) is 20.9. The summed E-state index contributed by atoms with van der Waals surface area (Å²) in [4.78, 5) is 18.9. The minimum absolute atomic E-state index is 0.230. The Morgan fingerprint density at radius 2 is 1.96 bits per heavy atom. The molecule has 1 N–H and O–H groups in total. The maximum atomic E-state index is 12.6. The smallest absolute Gasteiger partial charge is 0.223 e. The molecular formula is C22H29N3O2. The van der Waals surface area contributed by atoms with Gasteiger partial charge in [0.2, 0.25) is 5.91 Å². The number of aryl methyl sites for hydroxylation is 2. The summed E-state index contributed by atoms with van der Waals surface area (Å²) in [5.74, 6) is 3.24. The summed E-state index contributed by atoms with van der Waals surface area (Å²) in [6.07, 6.45) is 6.39. The Morgan fingerprint density at radius 1 is 1.19 bits per heavy atom. The Morgan fingerprint density at radius 3 is 2.67 bits per heavy atom. The van der Waals surface area contributed by atoms with Gasteiger partial charge in [-0.1, -0.05) is 29.8 Å². The Labute approximate surface area is 161 Å². The van der Waals surface area contributed by atoms with Crippen molar-refractivity contribution < 1.29 is 9.21 Å². The Balaban J connectivity index is 1.25. The van der Waals surface area contributed by atoms with E-state index in [4.69, 9.17) is 4.42 Å². The third kappa shape index (κ3) is 4.41. The molecule has 3 heterocycles. The van der Waals surface area contributed by atoms with Crippen LogP contribution in [0.5, 0.6) is 0 Å². The molecule has 144 valence electrons. The molecule has 5 heteroatoms. The molecular weight excluding hydrogens is 338 g/mol. The monoisotopic (exact) mass is 367 g/mol. The molecule has 2 saturated heterocycles. The summed E-state index contributed by atoms with van der Waals surface area (Å²) < 4.78 is 5.84. The number of benzene rings is 1. The van der Waals surface area contributed by atoms with Gasteiger partial charge in [0, 0.05) is 31.5 Å². The van der Waals surface area contributed by atoms with Gasteiger partial charge in [0.15, 0.2) is 11.7 Å². The number of rotatable bonds is 5. The van der Waals surface area contributed by atoms with E-state index in [1.165, 1.54) is 12.0 Å². The third-order valence-corrected chi connectivity index (χ3v) is 6.10. The number of nitrogens with zero attached hydrogens (tertiary/aromatic N) is 2. The fourth-order valence-corrected chi connectivity index (χ4v) is 4.35. The highest BCUT2D eigenvalue weighted by Crippen LogP contribution is 2.29. The van der Waals surface area contributed by atoms with Crippen LogP contribution in [0.25, 0.3) is 11.3 Å². The molecule has 1 aromatic carbocycles. The molecule has 2 aliphatic heterocycles. The average Bonchev–Trinajstić information content (AvgIpc) is 3.39. The van der Waals surface area contributed by atoms with Crippen LogP contribution in [0.3, 0.4) is 0 Å². The molecule has 0 saturated carbocycles. The highest BCUT2D eigenvalue weighted by atomic mass is 16.4. The number of hydrogen-bond acceptors (Lipinski definition) is 4. The second-order valence-electron chi connectivity index (χ2n) is 7.96. The molecule has 1 atom stereocenters. The van der Waals surface area contributed by atoms with E-state index in [2.05, 4.69) is 29.4 Å². The maximum Gasteiger partial charge on any atom is 0.223 e. The lowest BCUT2D eigenvalue weighted by molar-refractivity contribution is -0.132. The van der Waals surface area contributed by atoms with E-state index in [0.717, 1.165) is 62.2 Å². The van der Waals surface area contributed by atoms with Crippen LogP contribution < -0.4 is 5.32 Å². The van der Waals surface area contributed by atoms with Crippen molar-refractivity contribution in [3.8, 4) is 11.3 Å². The van der Waals surface area contributed by atoms with E-state index < -0.39 is 0 Å². The van der Waals surface area contributed by atoms with Crippen LogP contribution in [0.15, 0.2) is 34.9 Å². The minimum atomic E-state index is 0.230. The second-order valence-corrected chi connectivity index (χ2v) is 7.96. The Hall–Kier alpha value is -2.14. The minimum Gasteiger partial charge on any atom is -0.441 e. The van der Waals surface area contributed by atoms with Gasteiger partial charge in [-0.25, -0.2) is 4.98 Å². The third-order valence-electron chi connectivity index (χ3n) is 6.10. The molecule has 0 spiro atoms. The van der Waals surface area contributed by atoms with Crippen LogP contribution in [0.2, 0.25) is 0 Å². The topological polar surface area (TPSA) is 58.4 Å². The average molecular weight is 367 g/mol. The molecule has 0 radical (unpaired) electrons. The first-order valence-electron chi connectivity index (χ1n) is 10.2. The van der Waals surface area contributed by atoms with Gasteiger partial charge in [-0.3, -0.25) is 4.79 Å². The van der Waals surface area contributed by atoms with Crippen LogP contribution in [0.4, 0.5) is 0 Å². The number of aromatic nitrogens is 1. The first-order chi connectivity index (χ1) is 13.2. The molecule has 1 aromatic heterocycles. The van der Waals surface area contributed by atoms with Gasteiger partial charge >= 0.3 is 0 Å². The van der Waals surface area contributed by atoms with Crippen LogP contribution >= 0.6 is 0 Å². The summed E-state index contributed by atoms with van der Waals surface area (Å²) in [5.41, 5.74) is 2.24. The van der Waals surface area contributed by atoms with E-state index in [0.29, 0.717) is 18.7 Å². The number of likely N-dealkylation sites (tertiary alicyclic amines) is 1. The molecule has 4 rings (SSSR count). The van der Waals surface area contributed by atoms with Gasteiger partial charge in [0.05, 0.1) is 6.20 Å². The summed E-state index contributed by atoms with van der Waals surface area (Å²) in [6.45, 7) is 6.19. The van der Waals surface area contributed by atoms with Gasteiger partial charge in [-0.2, -0.15) is 0 Å². The van der Waals surface area contributed by atoms with Gasteiger partial charge in [-0.05, 0) is 51.1 Å². The second kappa shape index (κ2) is 8.26. The molecule has 0 aliphatic carbocycles. The molecule has 27 heavy (non-hydrogen) atoms. The standard InChI is InChI=1S/C22H29N3O2/c1-16-2-4-18(5-3-16)20-15-24-21(27-20)6-7-22(26)25-12-9-17(10-13-25)19-8-11-23-14-19/h2-5,15,17,19,23H,6-14H2,1H3. The zero-order valence-electron chi connectivity index (χ0n) is 16.1. The summed E-state index contributed by atoms with van der Waals surface area (Å²) in [7, 11) is 0. The van der Waals surface area contributed by atoms with Crippen LogP contribution in [-0.2, 0) is 11.2 Å². The largest absolute Gasteiger partial charge is 0.441 e. The van der Waals surface area contributed by atoms with E-state index in [9.17, 15) is 4.79 Å². The number of oxazole rings is 1. The van der Waals surface area contributed by atoms with E-state index >= 15 is 0 Å². The van der Waals surface area contributed by atoms with Crippen molar-refractivity contribution in [3.63, 3.8) is 0 Å². The highest BCUT2D eigenvalue weighted by molar-refractivity contribution is 5.76. The first-order valence-corrected chi connectivity index (χ1v) is 10.2. The first kappa shape index (κ1) is 18.2. The van der Waals surface area contributed by atoms with Crippen molar-refractivity contribution in [2.45, 2.75) is 39.0 Å². The maximum absolute atomic E-state index is 12.6. The quantitative estimate of drug-likeness (QED) is 0.880.